The second kappa shape index (κ2) is 6.54. The van der Waals surface area contributed by atoms with E-state index in [0.717, 1.165) is 26.1 Å². The van der Waals surface area contributed by atoms with Crippen LogP contribution in [0.3, 0.4) is 0 Å². The van der Waals surface area contributed by atoms with E-state index in [-0.39, 0.29) is 5.75 Å². The van der Waals surface area contributed by atoms with Crippen LogP contribution in [0.2, 0.25) is 0 Å². The summed E-state index contributed by atoms with van der Waals surface area (Å²) in [5.41, 5.74) is 0. The summed E-state index contributed by atoms with van der Waals surface area (Å²) in [5, 5.41) is 2.84. The molecular weight excluding hydrogens is 226 g/mol. The summed E-state index contributed by atoms with van der Waals surface area (Å²) in [6, 6.07) is 0. The second-order valence-corrected chi connectivity index (χ2v) is 6.25. The maximum absolute atomic E-state index is 11.5. The SMILES string of the molecule is CCN1CCC(CNS(=O)(=O)CCNC)C1. The highest BCUT2D eigenvalue weighted by Crippen LogP contribution is 2.14. The molecule has 1 aliphatic rings. The molecule has 1 saturated heterocycles. The molecule has 0 aliphatic carbocycles. The van der Waals surface area contributed by atoms with E-state index in [9.17, 15) is 8.42 Å². The van der Waals surface area contributed by atoms with Gasteiger partial charge in [0.2, 0.25) is 10.0 Å². The number of sulfonamides is 1. The van der Waals surface area contributed by atoms with Crippen molar-refractivity contribution >= 4 is 10.0 Å². The Bertz CT molecular complexity index is 292. The summed E-state index contributed by atoms with van der Waals surface area (Å²) >= 11 is 0. The van der Waals surface area contributed by atoms with Gasteiger partial charge in [-0.15, -0.1) is 0 Å². The Labute approximate surface area is 98.6 Å². The van der Waals surface area contributed by atoms with Gasteiger partial charge in [0.1, 0.15) is 0 Å². The lowest BCUT2D eigenvalue weighted by atomic mass is 10.1. The Hall–Kier alpha value is -0.170. The quantitative estimate of drug-likeness (QED) is 0.636. The Morgan fingerprint density at radius 2 is 2.19 bits per heavy atom. The fourth-order valence-electron chi connectivity index (χ4n) is 1.92. The van der Waals surface area contributed by atoms with Crippen LogP contribution < -0.4 is 10.0 Å². The van der Waals surface area contributed by atoms with Crippen LogP contribution in [0.5, 0.6) is 0 Å². The van der Waals surface area contributed by atoms with E-state index in [1.807, 2.05) is 0 Å². The molecule has 1 unspecified atom stereocenters. The van der Waals surface area contributed by atoms with Crippen LogP contribution in [0, 0.1) is 5.92 Å². The molecule has 1 aliphatic heterocycles. The lowest BCUT2D eigenvalue weighted by molar-refractivity contribution is 0.342. The molecule has 0 radical (unpaired) electrons. The molecule has 1 atom stereocenters. The third-order valence-corrected chi connectivity index (χ3v) is 4.38. The van der Waals surface area contributed by atoms with Gasteiger partial charge in [0.25, 0.3) is 0 Å². The average Bonchev–Trinajstić information content (AvgIpc) is 2.72. The van der Waals surface area contributed by atoms with Crippen molar-refractivity contribution in [1.29, 1.82) is 0 Å². The van der Waals surface area contributed by atoms with Gasteiger partial charge in [-0.3, -0.25) is 0 Å². The maximum atomic E-state index is 11.5. The van der Waals surface area contributed by atoms with Gasteiger partial charge in [-0.25, -0.2) is 13.1 Å². The maximum Gasteiger partial charge on any atom is 0.212 e. The number of hydrogen-bond donors (Lipinski definition) is 2. The molecule has 1 fully saturated rings. The predicted octanol–water partition coefficient (Wildman–Crippen LogP) is -0.533. The van der Waals surface area contributed by atoms with Gasteiger partial charge in [-0.1, -0.05) is 6.92 Å². The molecule has 0 aromatic heterocycles. The molecule has 6 heteroatoms. The Morgan fingerprint density at radius 1 is 1.44 bits per heavy atom. The molecule has 0 bridgehead atoms. The number of nitrogens with one attached hydrogen (secondary N) is 2. The van der Waals surface area contributed by atoms with Crippen LogP contribution in [0.25, 0.3) is 0 Å². The summed E-state index contributed by atoms with van der Waals surface area (Å²) in [6.07, 6.45) is 1.10. The van der Waals surface area contributed by atoms with Crippen LogP contribution in [-0.2, 0) is 10.0 Å². The summed E-state index contributed by atoms with van der Waals surface area (Å²) in [7, 11) is -1.33. The first kappa shape index (κ1) is 13.9. The third-order valence-electron chi connectivity index (χ3n) is 3.03. The fraction of sp³-hybridized carbons (Fsp3) is 1.00. The normalized spacial score (nSPS) is 22.8. The van der Waals surface area contributed by atoms with Crippen molar-refractivity contribution in [2.24, 2.45) is 5.92 Å². The number of nitrogens with zero attached hydrogens (tertiary/aromatic N) is 1. The minimum absolute atomic E-state index is 0.160. The molecule has 0 aromatic carbocycles. The number of rotatable bonds is 7. The van der Waals surface area contributed by atoms with Crippen LogP contribution in [0.15, 0.2) is 0 Å². The van der Waals surface area contributed by atoms with Gasteiger partial charge in [0, 0.05) is 19.6 Å². The van der Waals surface area contributed by atoms with Crippen LogP contribution in [0.1, 0.15) is 13.3 Å². The summed E-state index contributed by atoms with van der Waals surface area (Å²) < 4.78 is 25.8. The highest BCUT2D eigenvalue weighted by atomic mass is 32.2. The monoisotopic (exact) mass is 249 g/mol. The van der Waals surface area contributed by atoms with Crippen LogP contribution in [-0.4, -0.2) is 58.8 Å². The van der Waals surface area contributed by atoms with Crippen LogP contribution in [0.4, 0.5) is 0 Å². The fourth-order valence-corrected chi connectivity index (χ4v) is 3.03. The van der Waals surface area contributed by atoms with Gasteiger partial charge in [0.15, 0.2) is 0 Å². The van der Waals surface area contributed by atoms with E-state index in [0.29, 0.717) is 19.0 Å². The van der Waals surface area contributed by atoms with Crippen molar-refractivity contribution in [3.8, 4) is 0 Å². The van der Waals surface area contributed by atoms with E-state index in [4.69, 9.17) is 0 Å². The molecule has 1 heterocycles. The van der Waals surface area contributed by atoms with E-state index in [2.05, 4.69) is 21.9 Å². The molecule has 0 spiro atoms. The molecule has 16 heavy (non-hydrogen) atoms. The molecule has 0 aromatic rings. The van der Waals surface area contributed by atoms with Crippen molar-refractivity contribution < 1.29 is 8.42 Å². The predicted molar refractivity (Wildman–Crippen MR) is 65.9 cm³/mol. The summed E-state index contributed by atoms with van der Waals surface area (Å²) in [5.74, 6) is 0.637. The molecule has 2 N–H and O–H groups in total. The molecule has 96 valence electrons. The number of likely N-dealkylation sites (tertiary alicyclic amines) is 1. The van der Waals surface area contributed by atoms with E-state index in [1.54, 1.807) is 7.05 Å². The van der Waals surface area contributed by atoms with Crippen molar-refractivity contribution in [2.75, 3.05) is 45.5 Å². The van der Waals surface area contributed by atoms with Crippen molar-refractivity contribution in [1.82, 2.24) is 14.9 Å². The topological polar surface area (TPSA) is 61.4 Å². The Balaban J connectivity index is 2.24. The van der Waals surface area contributed by atoms with E-state index >= 15 is 0 Å². The minimum atomic E-state index is -3.09. The van der Waals surface area contributed by atoms with Gasteiger partial charge >= 0.3 is 0 Å². The highest BCUT2D eigenvalue weighted by Gasteiger charge is 2.22. The van der Waals surface area contributed by atoms with Gasteiger partial charge in [0.05, 0.1) is 5.75 Å². The average molecular weight is 249 g/mol. The highest BCUT2D eigenvalue weighted by molar-refractivity contribution is 7.89. The molecule has 0 amide bonds. The second-order valence-electron chi connectivity index (χ2n) is 4.32. The lowest BCUT2D eigenvalue weighted by Gasteiger charge is -2.13. The zero-order chi connectivity index (χ0) is 12.0. The van der Waals surface area contributed by atoms with Gasteiger partial charge in [-0.2, -0.15) is 0 Å². The zero-order valence-electron chi connectivity index (χ0n) is 10.2. The van der Waals surface area contributed by atoms with Gasteiger partial charge < -0.3 is 10.2 Å². The first-order valence-electron chi connectivity index (χ1n) is 5.91. The minimum Gasteiger partial charge on any atom is -0.319 e. The zero-order valence-corrected chi connectivity index (χ0v) is 11.0. The lowest BCUT2D eigenvalue weighted by Crippen LogP contribution is -2.35. The standard InChI is InChI=1S/C10H23N3O2S/c1-3-13-6-4-10(9-13)8-12-16(14,15)7-5-11-2/h10-12H,3-9H2,1-2H3. The van der Waals surface area contributed by atoms with Gasteiger partial charge in [-0.05, 0) is 32.5 Å². The van der Waals surface area contributed by atoms with E-state index < -0.39 is 10.0 Å². The molecule has 1 rings (SSSR count). The summed E-state index contributed by atoms with van der Waals surface area (Å²) in [6.45, 7) is 6.40. The number of hydrogen-bond acceptors (Lipinski definition) is 4. The summed E-state index contributed by atoms with van der Waals surface area (Å²) in [4.78, 5) is 2.35. The Kier molecular flexibility index (Phi) is 5.68. The molecule has 5 nitrogen and oxygen atoms in total. The first-order valence-corrected chi connectivity index (χ1v) is 7.57. The van der Waals surface area contributed by atoms with Crippen LogP contribution >= 0.6 is 0 Å². The molecular formula is C10H23N3O2S. The largest absolute Gasteiger partial charge is 0.319 e. The van der Waals surface area contributed by atoms with Crippen molar-refractivity contribution in [3.05, 3.63) is 0 Å². The first-order chi connectivity index (χ1) is 7.57. The van der Waals surface area contributed by atoms with E-state index in [1.165, 1.54) is 0 Å². The molecule has 0 saturated carbocycles. The van der Waals surface area contributed by atoms with Crippen molar-refractivity contribution in [2.45, 2.75) is 13.3 Å². The Morgan fingerprint density at radius 3 is 2.75 bits per heavy atom. The third kappa shape index (κ3) is 4.78. The smallest absolute Gasteiger partial charge is 0.212 e. The van der Waals surface area contributed by atoms with Crippen molar-refractivity contribution in [3.63, 3.8) is 0 Å².